The summed E-state index contributed by atoms with van der Waals surface area (Å²) in [5.41, 5.74) is 5.24. The fraction of sp³-hybridized carbons (Fsp3) is 0.500. The van der Waals surface area contributed by atoms with Crippen molar-refractivity contribution in [2.24, 2.45) is 11.7 Å². The van der Waals surface area contributed by atoms with Crippen LogP contribution in [0.4, 0.5) is 4.79 Å². The summed E-state index contributed by atoms with van der Waals surface area (Å²) in [7, 11) is 1.53. The largest absolute Gasteiger partial charge is 0.449 e. The van der Waals surface area contributed by atoms with Gasteiger partial charge in [-0.15, -0.1) is 6.42 Å². The van der Waals surface area contributed by atoms with Gasteiger partial charge in [0.05, 0.1) is 29.9 Å². The molecule has 0 spiro atoms. The lowest BCUT2D eigenvalue weighted by molar-refractivity contribution is -0.137. The summed E-state index contributed by atoms with van der Waals surface area (Å²) in [5, 5.41) is 6.15. The maximum absolute atomic E-state index is 13.3. The van der Waals surface area contributed by atoms with Gasteiger partial charge in [-0.1, -0.05) is 5.92 Å². The van der Waals surface area contributed by atoms with E-state index in [1.54, 1.807) is 6.92 Å². The zero-order chi connectivity index (χ0) is 19.5. The molecule has 4 atom stereocenters. The number of fused-ring (bicyclic) bond motifs is 4. The Balaban J connectivity index is 1.80. The molecule has 0 saturated carbocycles. The molecule has 3 aliphatic heterocycles. The van der Waals surface area contributed by atoms with Gasteiger partial charge in [-0.2, -0.15) is 0 Å². The van der Waals surface area contributed by atoms with Gasteiger partial charge in [0, 0.05) is 30.8 Å². The van der Waals surface area contributed by atoms with E-state index in [0.717, 1.165) is 0 Å². The Morgan fingerprint density at radius 1 is 1.48 bits per heavy atom. The molecule has 0 aromatic carbocycles. The van der Waals surface area contributed by atoms with E-state index in [0.29, 0.717) is 17.8 Å². The third-order valence-corrected chi connectivity index (χ3v) is 5.80. The first-order valence-corrected chi connectivity index (χ1v) is 8.61. The molecule has 2 fully saturated rings. The lowest BCUT2D eigenvalue weighted by atomic mass is 9.82. The number of ketones is 2. The van der Waals surface area contributed by atoms with Crippen molar-refractivity contribution in [3.05, 3.63) is 22.5 Å². The van der Waals surface area contributed by atoms with Crippen LogP contribution >= 0.6 is 0 Å². The number of carbonyl (C=O) groups is 3. The van der Waals surface area contributed by atoms with Gasteiger partial charge in [0.2, 0.25) is 11.6 Å². The van der Waals surface area contributed by atoms with Crippen LogP contribution in [0.3, 0.4) is 0 Å². The minimum absolute atomic E-state index is 0.0717. The molecule has 1 amide bonds. The summed E-state index contributed by atoms with van der Waals surface area (Å²) >= 11 is 0. The van der Waals surface area contributed by atoms with Gasteiger partial charge in [-0.05, 0) is 6.92 Å². The zero-order valence-corrected chi connectivity index (χ0v) is 15.0. The van der Waals surface area contributed by atoms with Crippen molar-refractivity contribution < 1.29 is 23.9 Å². The number of amides is 1. The van der Waals surface area contributed by atoms with Crippen LogP contribution in [0.1, 0.15) is 6.92 Å². The number of rotatable bonds is 5. The second kappa shape index (κ2) is 5.84. The van der Waals surface area contributed by atoms with Gasteiger partial charge in [0.15, 0.2) is 5.72 Å². The molecule has 9 nitrogen and oxygen atoms in total. The molecule has 4 aliphatic rings. The lowest BCUT2D eigenvalue weighted by Gasteiger charge is -2.39. The summed E-state index contributed by atoms with van der Waals surface area (Å²) in [4.78, 5) is 39.4. The second-order valence-electron chi connectivity index (χ2n) is 6.98. The van der Waals surface area contributed by atoms with Crippen LogP contribution in [0.25, 0.3) is 0 Å². The molecule has 0 radical (unpaired) electrons. The smallest absolute Gasteiger partial charge is 0.404 e. The first-order valence-electron chi connectivity index (χ1n) is 8.61. The van der Waals surface area contributed by atoms with Crippen LogP contribution < -0.4 is 16.4 Å². The van der Waals surface area contributed by atoms with Crippen LogP contribution in [0, 0.1) is 18.3 Å². The number of nitrogens with two attached hydrogens (primary N) is 1. The Labute approximate surface area is 155 Å². The summed E-state index contributed by atoms with van der Waals surface area (Å²) in [6.45, 7) is 2.08. The molecule has 3 heterocycles. The van der Waals surface area contributed by atoms with Crippen molar-refractivity contribution in [1.82, 2.24) is 15.5 Å². The van der Waals surface area contributed by atoms with Crippen LogP contribution in [0.2, 0.25) is 0 Å². The standard InChI is InChI=1S/C18H20N4O5/c1-4-5-20-12-8(2)14(23)13-11(15(12)24)9(7-27-17(19)25)18(26-3)16-10(21-16)6-22(13)18/h1,9-10,16,20-21H,5-7H2,2-3H3,(H2,19,25)/t9-,10+,16-,18+/m0/s1. The van der Waals surface area contributed by atoms with Gasteiger partial charge in [-0.25, -0.2) is 4.79 Å². The molecular formula is C18H20N4O5. The third-order valence-electron chi connectivity index (χ3n) is 5.80. The highest BCUT2D eigenvalue weighted by Crippen LogP contribution is 2.55. The van der Waals surface area contributed by atoms with Gasteiger partial charge >= 0.3 is 6.09 Å². The van der Waals surface area contributed by atoms with Crippen molar-refractivity contribution in [3.8, 4) is 12.3 Å². The summed E-state index contributed by atoms with van der Waals surface area (Å²) < 4.78 is 10.9. The number of hydrogen-bond donors (Lipinski definition) is 3. The number of piperazine rings is 1. The van der Waals surface area contributed by atoms with Gasteiger partial charge in [0.25, 0.3) is 0 Å². The van der Waals surface area contributed by atoms with Crippen LogP contribution in [-0.4, -0.2) is 67.2 Å². The number of primary amides is 1. The van der Waals surface area contributed by atoms with E-state index in [2.05, 4.69) is 16.6 Å². The quantitative estimate of drug-likeness (QED) is 0.305. The molecule has 0 aromatic rings. The predicted octanol–water partition coefficient (Wildman–Crippen LogP) is -1.39. The summed E-state index contributed by atoms with van der Waals surface area (Å²) in [6.07, 6.45) is 4.32. The lowest BCUT2D eigenvalue weighted by Crippen LogP contribution is -2.55. The molecule has 4 rings (SSSR count). The Kier molecular flexibility index (Phi) is 3.80. The van der Waals surface area contributed by atoms with Crippen molar-refractivity contribution in [1.29, 1.82) is 0 Å². The van der Waals surface area contributed by atoms with E-state index in [1.807, 2.05) is 4.90 Å². The Hall–Kier alpha value is -2.83. The molecule has 1 aliphatic carbocycles. The van der Waals surface area contributed by atoms with Crippen LogP contribution in [-0.2, 0) is 19.1 Å². The average Bonchev–Trinajstić information content (AvgIpc) is 3.24. The summed E-state index contributed by atoms with van der Waals surface area (Å²) in [6, 6.07) is 0.0841. The number of nitrogens with zero attached hydrogens (tertiary/aromatic N) is 1. The molecule has 142 valence electrons. The highest BCUT2D eigenvalue weighted by atomic mass is 16.6. The van der Waals surface area contributed by atoms with Crippen molar-refractivity contribution >= 4 is 17.7 Å². The SMILES string of the molecule is C#CCNC1=C(C)C(=O)C2=C(C1=O)[C@H](COC(N)=O)[C@@]1(OC)[C@H]3N[C@@H]3CN21. The minimum atomic E-state index is -0.974. The summed E-state index contributed by atoms with van der Waals surface area (Å²) in [5.74, 6) is 1.16. The maximum atomic E-state index is 13.3. The Morgan fingerprint density at radius 2 is 2.22 bits per heavy atom. The number of ether oxygens (including phenoxy) is 2. The zero-order valence-electron chi connectivity index (χ0n) is 15.0. The number of allylic oxidation sites excluding steroid dienone is 2. The normalized spacial score (nSPS) is 33.5. The number of nitrogens with one attached hydrogen (secondary N) is 2. The number of Topliss-reactive ketones (excluding diaryl/α,β-unsaturated/α-hetero) is 2. The number of hydrogen-bond acceptors (Lipinski definition) is 8. The van der Waals surface area contributed by atoms with E-state index in [-0.39, 0.29) is 48.1 Å². The maximum Gasteiger partial charge on any atom is 0.404 e. The molecule has 2 saturated heterocycles. The van der Waals surface area contributed by atoms with Crippen molar-refractivity contribution in [2.45, 2.75) is 24.7 Å². The van der Waals surface area contributed by atoms with Crippen molar-refractivity contribution in [3.63, 3.8) is 0 Å². The minimum Gasteiger partial charge on any atom is -0.449 e. The fourth-order valence-electron chi connectivity index (χ4n) is 4.64. The number of carbonyl (C=O) groups excluding carboxylic acids is 3. The van der Waals surface area contributed by atoms with Gasteiger partial charge in [0.1, 0.15) is 6.61 Å². The van der Waals surface area contributed by atoms with Crippen molar-refractivity contribution in [2.75, 3.05) is 26.8 Å². The van der Waals surface area contributed by atoms with E-state index in [9.17, 15) is 14.4 Å². The van der Waals surface area contributed by atoms with Crippen LogP contribution in [0.5, 0.6) is 0 Å². The number of terminal acetylenes is 1. The predicted molar refractivity (Wildman–Crippen MR) is 92.8 cm³/mol. The topological polar surface area (TPSA) is 133 Å². The molecule has 4 N–H and O–H groups in total. The number of methoxy groups -OCH3 is 1. The third kappa shape index (κ3) is 2.17. The Bertz CT molecular complexity index is 869. The molecule has 9 heteroatoms. The average molecular weight is 372 g/mol. The van der Waals surface area contributed by atoms with Crippen LogP contribution in [0.15, 0.2) is 22.5 Å². The van der Waals surface area contributed by atoms with E-state index < -0.39 is 17.7 Å². The molecule has 27 heavy (non-hydrogen) atoms. The molecule has 0 unspecified atom stereocenters. The van der Waals surface area contributed by atoms with E-state index in [1.165, 1.54) is 7.11 Å². The highest BCUT2D eigenvalue weighted by Gasteiger charge is 2.72. The van der Waals surface area contributed by atoms with E-state index in [4.69, 9.17) is 21.6 Å². The first-order chi connectivity index (χ1) is 12.9. The Morgan fingerprint density at radius 3 is 2.85 bits per heavy atom. The van der Waals surface area contributed by atoms with E-state index >= 15 is 0 Å². The van der Waals surface area contributed by atoms with Gasteiger partial charge < -0.3 is 30.7 Å². The monoisotopic (exact) mass is 372 g/mol. The second-order valence-corrected chi connectivity index (χ2v) is 6.98. The van der Waals surface area contributed by atoms with Gasteiger partial charge in [-0.3, -0.25) is 9.59 Å². The molecule has 0 aromatic heterocycles. The first kappa shape index (κ1) is 17.6. The molecular weight excluding hydrogens is 352 g/mol. The fourth-order valence-corrected chi connectivity index (χ4v) is 4.64. The molecule has 0 bridgehead atoms. The highest BCUT2D eigenvalue weighted by molar-refractivity contribution is 6.25.